The van der Waals surface area contributed by atoms with Crippen LogP contribution in [0.1, 0.15) is 31.2 Å². The maximum atomic E-state index is 13.8. The number of carbonyl (C=O) groups is 1. The number of furan rings is 1. The SMILES string of the molecule is CCOC(=O)C1=C(C)N=c2s/c(=C\c3ccc(-c4ccc(Cl)cc4[N+](=O)[O-])o3)c(=O)n2C1c1ccccc1OC. The summed E-state index contributed by atoms with van der Waals surface area (Å²) in [6, 6.07) is 13.8. The van der Waals surface area contributed by atoms with Gasteiger partial charge in [-0.25, -0.2) is 9.79 Å². The van der Waals surface area contributed by atoms with Crippen LogP contribution in [-0.2, 0) is 9.53 Å². The second-order valence-corrected chi connectivity index (χ2v) is 10.1. The second-order valence-electron chi connectivity index (χ2n) is 8.66. The molecule has 0 spiro atoms. The topological polar surface area (TPSA) is 126 Å². The van der Waals surface area contributed by atoms with E-state index in [2.05, 4.69) is 4.99 Å². The monoisotopic (exact) mass is 579 g/mol. The fourth-order valence-corrected chi connectivity index (χ4v) is 5.74. The van der Waals surface area contributed by atoms with Gasteiger partial charge in [-0.3, -0.25) is 19.5 Å². The highest BCUT2D eigenvalue weighted by Crippen LogP contribution is 2.36. The highest BCUT2D eigenvalue weighted by atomic mass is 35.5. The molecular formula is C28H22ClN3O7S. The van der Waals surface area contributed by atoms with E-state index >= 15 is 0 Å². The number of methoxy groups -OCH3 is 1. The van der Waals surface area contributed by atoms with E-state index in [1.165, 1.54) is 36.0 Å². The van der Waals surface area contributed by atoms with Crippen LogP contribution in [0.2, 0.25) is 5.02 Å². The summed E-state index contributed by atoms with van der Waals surface area (Å²) in [4.78, 5) is 42.8. The van der Waals surface area contributed by atoms with Crippen molar-refractivity contribution in [3.63, 3.8) is 0 Å². The van der Waals surface area contributed by atoms with Crippen molar-refractivity contribution in [3.05, 3.63) is 112 Å². The van der Waals surface area contributed by atoms with Crippen molar-refractivity contribution in [2.24, 2.45) is 4.99 Å². The molecule has 2 aromatic carbocycles. The molecule has 12 heteroatoms. The number of thiazole rings is 1. The molecule has 0 bridgehead atoms. The van der Waals surface area contributed by atoms with Crippen molar-refractivity contribution in [1.82, 2.24) is 4.57 Å². The first kappa shape index (κ1) is 27.1. The quantitative estimate of drug-likeness (QED) is 0.177. The van der Waals surface area contributed by atoms with Gasteiger partial charge in [0.25, 0.3) is 11.2 Å². The van der Waals surface area contributed by atoms with Crippen LogP contribution < -0.4 is 19.6 Å². The first-order valence-electron chi connectivity index (χ1n) is 12.1. The number of ether oxygens (including phenoxy) is 2. The van der Waals surface area contributed by atoms with Gasteiger partial charge in [0.1, 0.15) is 23.3 Å². The predicted molar refractivity (Wildman–Crippen MR) is 149 cm³/mol. The van der Waals surface area contributed by atoms with Crippen LogP contribution in [0.5, 0.6) is 5.75 Å². The van der Waals surface area contributed by atoms with E-state index < -0.39 is 22.5 Å². The zero-order valence-electron chi connectivity index (χ0n) is 21.5. The normalized spacial score (nSPS) is 15.0. The zero-order valence-corrected chi connectivity index (χ0v) is 23.1. The smallest absolute Gasteiger partial charge is 0.338 e. The van der Waals surface area contributed by atoms with Gasteiger partial charge in [0, 0.05) is 22.7 Å². The molecule has 1 atom stereocenters. The lowest BCUT2D eigenvalue weighted by Gasteiger charge is -2.25. The number of rotatable bonds is 7. The zero-order chi connectivity index (χ0) is 28.6. The minimum absolute atomic E-state index is 0.158. The van der Waals surface area contributed by atoms with Gasteiger partial charge >= 0.3 is 5.97 Å². The minimum Gasteiger partial charge on any atom is -0.496 e. The molecule has 0 radical (unpaired) electrons. The lowest BCUT2D eigenvalue weighted by molar-refractivity contribution is -0.384. The molecule has 1 unspecified atom stereocenters. The molecule has 2 aromatic heterocycles. The molecule has 0 N–H and O–H groups in total. The Morgan fingerprint density at radius 3 is 2.75 bits per heavy atom. The van der Waals surface area contributed by atoms with Crippen LogP contribution in [0.15, 0.2) is 80.1 Å². The van der Waals surface area contributed by atoms with E-state index in [9.17, 15) is 19.7 Å². The highest BCUT2D eigenvalue weighted by molar-refractivity contribution is 7.07. The van der Waals surface area contributed by atoms with Gasteiger partial charge in [-0.1, -0.05) is 41.1 Å². The maximum absolute atomic E-state index is 13.8. The van der Waals surface area contributed by atoms with Crippen LogP contribution in [0.4, 0.5) is 5.69 Å². The molecule has 204 valence electrons. The summed E-state index contributed by atoms with van der Waals surface area (Å²) in [6.07, 6.45) is 1.54. The molecule has 1 aliphatic rings. The van der Waals surface area contributed by atoms with Gasteiger partial charge < -0.3 is 13.9 Å². The number of nitro groups is 1. The first-order chi connectivity index (χ1) is 19.2. The molecule has 0 saturated heterocycles. The second kappa shape index (κ2) is 10.9. The standard InChI is InChI=1S/C28H22ClN3O7S/c1-4-38-27(34)24-15(2)30-28-31(25(24)19-7-5-6-8-21(19)37-3)26(33)23(40-28)14-17-10-12-22(39-17)18-11-9-16(29)13-20(18)32(35)36/h5-14,25H,4H2,1-3H3/b23-14-. The Hall–Kier alpha value is -4.48. The Kier molecular flexibility index (Phi) is 7.42. The Morgan fingerprint density at radius 2 is 2.02 bits per heavy atom. The number of benzene rings is 2. The fourth-order valence-electron chi connectivity index (χ4n) is 4.55. The van der Waals surface area contributed by atoms with Crippen LogP contribution in [0.3, 0.4) is 0 Å². The molecule has 4 aromatic rings. The third-order valence-electron chi connectivity index (χ3n) is 6.27. The first-order valence-corrected chi connectivity index (χ1v) is 13.3. The van der Waals surface area contributed by atoms with Crippen molar-refractivity contribution in [3.8, 4) is 17.1 Å². The minimum atomic E-state index is -0.836. The van der Waals surface area contributed by atoms with Crippen LogP contribution in [-0.4, -0.2) is 29.2 Å². The van der Waals surface area contributed by atoms with Crippen molar-refractivity contribution in [2.45, 2.75) is 19.9 Å². The Bertz CT molecular complexity index is 1870. The van der Waals surface area contributed by atoms with Gasteiger partial charge in [-0.15, -0.1) is 0 Å². The van der Waals surface area contributed by atoms with Gasteiger partial charge in [0.15, 0.2) is 4.80 Å². The van der Waals surface area contributed by atoms with Gasteiger partial charge in [-0.05, 0) is 44.2 Å². The number of aromatic nitrogens is 1. The summed E-state index contributed by atoms with van der Waals surface area (Å²) in [5.74, 6) is 0.474. The van der Waals surface area contributed by atoms with Gasteiger partial charge in [0.2, 0.25) is 0 Å². The molecule has 1 aliphatic heterocycles. The summed E-state index contributed by atoms with van der Waals surface area (Å²) in [6.45, 7) is 3.56. The molecule has 3 heterocycles. The number of halogens is 1. The highest BCUT2D eigenvalue weighted by Gasteiger charge is 2.35. The molecule has 0 fully saturated rings. The van der Waals surface area contributed by atoms with Crippen LogP contribution in [0.25, 0.3) is 17.4 Å². The lowest BCUT2D eigenvalue weighted by Crippen LogP contribution is -2.40. The van der Waals surface area contributed by atoms with Crippen LogP contribution in [0, 0.1) is 10.1 Å². The number of esters is 1. The van der Waals surface area contributed by atoms with Crippen molar-refractivity contribution in [2.75, 3.05) is 13.7 Å². The summed E-state index contributed by atoms with van der Waals surface area (Å²) in [5.41, 5.74) is 0.917. The number of hydrogen-bond donors (Lipinski definition) is 0. The van der Waals surface area contributed by atoms with E-state index in [-0.39, 0.29) is 34.2 Å². The number of hydrogen-bond acceptors (Lipinski definition) is 9. The van der Waals surface area contributed by atoms with E-state index in [1.807, 2.05) is 0 Å². The van der Waals surface area contributed by atoms with Crippen molar-refractivity contribution >= 4 is 40.7 Å². The third-order valence-corrected chi connectivity index (χ3v) is 7.49. The van der Waals surface area contributed by atoms with E-state index in [1.54, 1.807) is 50.2 Å². The average Bonchev–Trinajstić information content (AvgIpc) is 3.52. The Morgan fingerprint density at radius 1 is 1.25 bits per heavy atom. The number of fused-ring (bicyclic) bond motifs is 1. The Labute approximate surface area is 236 Å². The number of para-hydroxylation sites is 1. The third kappa shape index (κ3) is 4.85. The number of nitro benzene ring substituents is 1. The van der Waals surface area contributed by atoms with E-state index in [4.69, 9.17) is 25.5 Å². The predicted octanol–water partition coefficient (Wildman–Crippen LogP) is 4.63. The molecule has 0 saturated carbocycles. The summed E-state index contributed by atoms with van der Waals surface area (Å²) in [7, 11) is 1.52. The molecule has 0 amide bonds. The maximum Gasteiger partial charge on any atom is 0.338 e. The largest absolute Gasteiger partial charge is 0.496 e. The fraction of sp³-hybridized carbons (Fsp3) is 0.179. The van der Waals surface area contributed by atoms with Crippen LogP contribution >= 0.6 is 22.9 Å². The molecule has 5 rings (SSSR count). The average molecular weight is 580 g/mol. The molecular weight excluding hydrogens is 558 g/mol. The van der Waals surface area contributed by atoms with Crippen molar-refractivity contribution < 1.29 is 23.6 Å². The molecule has 0 aliphatic carbocycles. The van der Waals surface area contributed by atoms with E-state index in [0.717, 1.165) is 11.3 Å². The number of allylic oxidation sites excluding steroid dienone is 1. The number of nitrogens with zero attached hydrogens (tertiary/aromatic N) is 3. The molecule has 10 nitrogen and oxygen atoms in total. The van der Waals surface area contributed by atoms with Gasteiger partial charge in [-0.2, -0.15) is 0 Å². The summed E-state index contributed by atoms with van der Waals surface area (Å²) in [5, 5.41) is 11.8. The van der Waals surface area contributed by atoms with E-state index in [0.29, 0.717) is 32.1 Å². The van der Waals surface area contributed by atoms with Crippen molar-refractivity contribution in [1.29, 1.82) is 0 Å². The summed E-state index contributed by atoms with van der Waals surface area (Å²) >= 11 is 7.06. The molecule has 40 heavy (non-hydrogen) atoms. The Balaban J connectivity index is 1.66. The summed E-state index contributed by atoms with van der Waals surface area (Å²) < 4.78 is 18.5. The number of carbonyl (C=O) groups excluding carboxylic acids is 1. The lowest BCUT2D eigenvalue weighted by atomic mass is 9.95. The van der Waals surface area contributed by atoms with Gasteiger partial charge in [0.05, 0.1) is 40.0 Å².